The lowest BCUT2D eigenvalue weighted by atomic mass is 10.2. The van der Waals surface area contributed by atoms with Gasteiger partial charge in [-0.3, -0.25) is 9.36 Å². The van der Waals surface area contributed by atoms with Crippen LogP contribution in [0.2, 0.25) is 0 Å². The monoisotopic (exact) mass is 166 g/mol. The molecule has 0 fully saturated rings. The number of hydrogen-bond acceptors (Lipinski definition) is 3. The van der Waals surface area contributed by atoms with Gasteiger partial charge in [-0.05, 0) is 0 Å². The van der Waals surface area contributed by atoms with E-state index in [2.05, 4.69) is 15.5 Å². The molecule has 1 aliphatic rings. The Kier molecular flexibility index (Phi) is 1.39. The Hall–Kier alpha value is -1.39. The van der Waals surface area contributed by atoms with Crippen LogP contribution in [-0.4, -0.2) is 20.7 Å². The van der Waals surface area contributed by atoms with E-state index in [0.717, 1.165) is 5.82 Å². The van der Waals surface area contributed by atoms with E-state index in [1.165, 1.54) is 0 Å². The minimum Gasteiger partial charge on any atom is -0.331 e. The number of aromatic nitrogens is 3. The summed E-state index contributed by atoms with van der Waals surface area (Å²) in [6.07, 6.45) is 0. The molecule has 64 valence electrons. The second-order valence-corrected chi connectivity index (χ2v) is 3.13. The van der Waals surface area contributed by atoms with Gasteiger partial charge in [0.2, 0.25) is 5.82 Å². The van der Waals surface area contributed by atoms with Crippen LogP contribution < -0.4 is 5.32 Å². The van der Waals surface area contributed by atoms with Gasteiger partial charge in [-0.15, -0.1) is 10.2 Å². The van der Waals surface area contributed by atoms with E-state index in [-0.39, 0.29) is 5.91 Å². The second kappa shape index (κ2) is 2.30. The summed E-state index contributed by atoms with van der Waals surface area (Å²) in [6, 6.07) is 0. The zero-order chi connectivity index (χ0) is 8.72. The minimum absolute atomic E-state index is 0.130. The van der Waals surface area contributed by atoms with Gasteiger partial charge >= 0.3 is 0 Å². The summed E-state index contributed by atoms with van der Waals surface area (Å²) in [5, 5.41) is 10.4. The van der Waals surface area contributed by atoms with Gasteiger partial charge in [0.05, 0.1) is 6.67 Å². The average Bonchev–Trinajstić information content (AvgIpc) is 2.53. The Morgan fingerprint density at radius 1 is 1.50 bits per heavy atom. The molecule has 5 nitrogen and oxygen atoms in total. The van der Waals surface area contributed by atoms with E-state index < -0.39 is 0 Å². The minimum atomic E-state index is -0.130. The molecule has 1 N–H and O–H groups in total. The summed E-state index contributed by atoms with van der Waals surface area (Å²) in [4.78, 5) is 11.1. The molecule has 1 amide bonds. The molecule has 0 aromatic carbocycles. The molecule has 0 unspecified atom stereocenters. The molecule has 0 radical (unpaired) electrons. The van der Waals surface area contributed by atoms with Crippen LogP contribution in [0.3, 0.4) is 0 Å². The fourth-order valence-corrected chi connectivity index (χ4v) is 1.30. The molecule has 0 atom stereocenters. The molecule has 0 aliphatic carbocycles. The van der Waals surface area contributed by atoms with E-state index in [1.807, 2.05) is 18.4 Å². The van der Waals surface area contributed by atoms with Crippen LogP contribution in [0.1, 0.15) is 36.2 Å². The Labute approximate surface area is 69.8 Å². The number of carbonyl (C=O) groups excluding carboxylic acids is 1. The summed E-state index contributed by atoms with van der Waals surface area (Å²) < 4.78 is 1.81. The number of nitrogens with one attached hydrogen (secondary N) is 1. The first-order chi connectivity index (χ1) is 5.70. The molecule has 0 saturated heterocycles. The van der Waals surface area contributed by atoms with Gasteiger partial charge < -0.3 is 5.32 Å². The highest BCUT2D eigenvalue weighted by molar-refractivity contribution is 5.92. The molecule has 2 heterocycles. The molecule has 5 heteroatoms. The van der Waals surface area contributed by atoms with Crippen LogP contribution in [0, 0.1) is 0 Å². The molecule has 0 bridgehead atoms. The largest absolute Gasteiger partial charge is 0.331 e. The molecule has 1 aromatic rings. The highest BCUT2D eigenvalue weighted by Gasteiger charge is 2.25. The van der Waals surface area contributed by atoms with Crippen LogP contribution in [0.4, 0.5) is 0 Å². The maximum atomic E-state index is 11.1. The standard InChI is InChI=1S/C7H10N4O/c1-4(2)5-9-10-6-7(12)8-3-11(5)6/h4H,3H2,1-2H3,(H,8,12). The Morgan fingerprint density at radius 2 is 2.25 bits per heavy atom. The first-order valence-corrected chi connectivity index (χ1v) is 3.91. The van der Waals surface area contributed by atoms with E-state index in [9.17, 15) is 4.79 Å². The lowest BCUT2D eigenvalue weighted by Gasteiger charge is -2.03. The normalized spacial score (nSPS) is 15.1. The van der Waals surface area contributed by atoms with Crippen molar-refractivity contribution < 1.29 is 4.79 Å². The predicted molar refractivity (Wildman–Crippen MR) is 41.6 cm³/mol. The van der Waals surface area contributed by atoms with Gasteiger partial charge in [-0.2, -0.15) is 0 Å². The molecular formula is C7H10N4O. The van der Waals surface area contributed by atoms with Crippen LogP contribution in [-0.2, 0) is 6.67 Å². The highest BCUT2D eigenvalue weighted by Crippen LogP contribution is 2.15. The quantitative estimate of drug-likeness (QED) is 0.643. The molecule has 1 aliphatic heterocycles. The number of hydrogen-bond donors (Lipinski definition) is 1. The van der Waals surface area contributed by atoms with Crippen molar-refractivity contribution in [3.8, 4) is 0 Å². The summed E-state index contributed by atoms with van der Waals surface area (Å²) in [7, 11) is 0. The number of nitrogens with zero attached hydrogens (tertiary/aromatic N) is 3. The number of rotatable bonds is 1. The van der Waals surface area contributed by atoms with E-state index in [1.54, 1.807) is 0 Å². The summed E-state index contributed by atoms with van der Waals surface area (Å²) in [6.45, 7) is 4.56. The number of carbonyl (C=O) groups is 1. The Bertz CT molecular complexity index is 328. The topological polar surface area (TPSA) is 59.8 Å². The molecule has 1 aromatic heterocycles. The smallest absolute Gasteiger partial charge is 0.290 e. The molecule has 0 spiro atoms. The van der Waals surface area contributed by atoms with Crippen LogP contribution in [0.15, 0.2) is 0 Å². The molecule has 2 rings (SSSR count). The first kappa shape index (κ1) is 7.27. The summed E-state index contributed by atoms with van der Waals surface area (Å²) in [5.74, 6) is 1.47. The van der Waals surface area contributed by atoms with Crippen LogP contribution in [0.25, 0.3) is 0 Å². The van der Waals surface area contributed by atoms with Gasteiger partial charge in [0, 0.05) is 5.92 Å². The lowest BCUT2D eigenvalue weighted by Crippen LogP contribution is -2.15. The Morgan fingerprint density at radius 3 is 2.92 bits per heavy atom. The summed E-state index contributed by atoms with van der Waals surface area (Å²) >= 11 is 0. The zero-order valence-electron chi connectivity index (χ0n) is 7.03. The highest BCUT2D eigenvalue weighted by atomic mass is 16.2. The van der Waals surface area contributed by atoms with Crippen molar-refractivity contribution in [1.82, 2.24) is 20.1 Å². The second-order valence-electron chi connectivity index (χ2n) is 3.13. The van der Waals surface area contributed by atoms with Crippen molar-refractivity contribution in [3.63, 3.8) is 0 Å². The van der Waals surface area contributed by atoms with Crippen molar-refractivity contribution in [2.45, 2.75) is 26.4 Å². The van der Waals surface area contributed by atoms with Crippen LogP contribution in [0.5, 0.6) is 0 Å². The fraction of sp³-hybridized carbons (Fsp3) is 0.571. The van der Waals surface area contributed by atoms with Crippen molar-refractivity contribution in [2.75, 3.05) is 0 Å². The molecule has 12 heavy (non-hydrogen) atoms. The first-order valence-electron chi connectivity index (χ1n) is 3.91. The lowest BCUT2D eigenvalue weighted by molar-refractivity contribution is 0.0960. The third kappa shape index (κ3) is 0.823. The van der Waals surface area contributed by atoms with Crippen molar-refractivity contribution in [2.24, 2.45) is 0 Å². The van der Waals surface area contributed by atoms with Gasteiger partial charge in [0.25, 0.3) is 5.91 Å². The average molecular weight is 166 g/mol. The van der Waals surface area contributed by atoms with Crippen molar-refractivity contribution >= 4 is 5.91 Å². The van der Waals surface area contributed by atoms with Gasteiger partial charge in [0.1, 0.15) is 5.82 Å². The van der Waals surface area contributed by atoms with E-state index in [4.69, 9.17) is 0 Å². The van der Waals surface area contributed by atoms with Crippen LogP contribution >= 0.6 is 0 Å². The van der Waals surface area contributed by atoms with E-state index in [0.29, 0.717) is 18.4 Å². The summed E-state index contributed by atoms with van der Waals surface area (Å²) in [5.41, 5.74) is 0. The molecule has 0 saturated carbocycles. The van der Waals surface area contributed by atoms with E-state index >= 15 is 0 Å². The third-order valence-electron chi connectivity index (χ3n) is 1.90. The fourth-order valence-electron chi connectivity index (χ4n) is 1.30. The number of fused-ring (bicyclic) bond motifs is 1. The number of amides is 1. The van der Waals surface area contributed by atoms with Gasteiger partial charge in [0.15, 0.2) is 0 Å². The zero-order valence-corrected chi connectivity index (χ0v) is 7.03. The third-order valence-corrected chi connectivity index (χ3v) is 1.90. The van der Waals surface area contributed by atoms with Gasteiger partial charge in [-0.1, -0.05) is 13.8 Å². The van der Waals surface area contributed by atoms with Crippen molar-refractivity contribution in [1.29, 1.82) is 0 Å². The maximum absolute atomic E-state index is 11.1. The SMILES string of the molecule is CC(C)c1nnc2n1CNC2=O. The molecular weight excluding hydrogens is 156 g/mol. The van der Waals surface area contributed by atoms with Crippen molar-refractivity contribution in [3.05, 3.63) is 11.6 Å². The predicted octanol–water partition coefficient (Wildman–Crippen LogP) is 0.102. The maximum Gasteiger partial charge on any atom is 0.290 e. The van der Waals surface area contributed by atoms with Gasteiger partial charge in [-0.25, -0.2) is 0 Å². The Balaban J connectivity index is 2.49.